The van der Waals surface area contributed by atoms with Gasteiger partial charge in [-0.1, -0.05) is 42.5 Å². The average molecular weight is 403 g/mol. The summed E-state index contributed by atoms with van der Waals surface area (Å²) in [6.45, 7) is 3.53. The van der Waals surface area contributed by atoms with Crippen LogP contribution in [0.4, 0.5) is 11.5 Å². The number of aromatic nitrogens is 2. The van der Waals surface area contributed by atoms with Crippen LogP contribution in [0.25, 0.3) is 11.3 Å². The second-order valence-corrected chi connectivity index (χ2v) is 7.52. The van der Waals surface area contributed by atoms with Crippen LogP contribution in [0, 0.1) is 0 Å². The summed E-state index contributed by atoms with van der Waals surface area (Å²) in [6, 6.07) is 19.1. The molecule has 0 aliphatic carbocycles. The van der Waals surface area contributed by atoms with E-state index in [0.29, 0.717) is 36.7 Å². The summed E-state index contributed by atoms with van der Waals surface area (Å²) in [4.78, 5) is 16.3. The predicted molar refractivity (Wildman–Crippen MR) is 117 cm³/mol. The minimum absolute atomic E-state index is 0.0276. The lowest BCUT2D eigenvalue weighted by Crippen LogP contribution is -2.55. The molecule has 1 saturated heterocycles. The highest BCUT2D eigenvalue weighted by molar-refractivity contribution is 5.76. The molecule has 7 nitrogen and oxygen atoms in total. The van der Waals surface area contributed by atoms with E-state index in [1.807, 2.05) is 35.2 Å². The van der Waals surface area contributed by atoms with Crippen molar-refractivity contribution in [2.75, 3.05) is 30.3 Å². The van der Waals surface area contributed by atoms with Crippen LogP contribution in [0.5, 0.6) is 5.75 Å². The molecule has 1 fully saturated rings. The first kappa shape index (κ1) is 19.7. The van der Waals surface area contributed by atoms with Crippen molar-refractivity contribution < 1.29 is 9.90 Å². The topological polar surface area (TPSA) is 95.6 Å². The molecular weight excluding hydrogens is 378 g/mol. The predicted octanol–water partition coefficient (Wildman–Crippen LogP) is 2.71. The Morgan fingerprint density at radius 2 is 1.83 bits per heavy atom. The van der Waals surface area contributed by atoms with Crippen LogP contribution in [0.3, 0.4) is 0 Å². The van der Waals surface area contributed by atoms with E-state index in [4.69, 9.17) is 5.73 Å². The Balaban J connectivity index is 1.63. The fraction of sp³-hybridized carbons (Fsp3) is 0.261. The van der Waals surface area contributed by atoms with Crippen LogP contribution in [0.2, 0.25) is 0 Å². The number of phenolic OH excluding ortho intramolecular Hbond substituents is 1. The van der Waals surface area contributed by atoms with Gasteiger partial charge in [-0.15, -0.1) is 10.2 Å². The lowest BCUT2D eigenvalue weighted by atomic mass is 10.0. The molecule has 1 aliphatic rings. The van der Waals surface area contributed by atoms with Crippen LogP contribution < -0.4 is 10.6 Å². The Kier molecular flexibility index (Phi) is 5.52. The number of para-hydroxylation sites is 1. The fourth-order valence-electron chi connectivity index (χ4n) is 4.02. The number of phenols is 1. The second-order valence-electron chi connectivity index (χ2n) is 7.52. The number of carbonyl (C=O) groups excluding carboxylic acids is 1. The van der Waals surface area contributed by atoms with E-state index in [0.717, 1.165) is 12.1 Å². The maximum atomic E-state index is 12.2. The van der Waals surface area contributed by atoms with Crippen LogP contribution in [-0.2, 0) is 11.2 Å². The minimum atomic E-state index is 0.0276. The lowest BCUT2D eigenvalue weighted by Gasteiger charge is -2.42. The molecule has 1 atom stereocenters. The number of piperazine rings is 1. The van der Waals surface area contributed by atoms with Gasteiger partial charge in [0.15, 0.2) is 5.82 Å². The highest BCUT2D eigenvalue weighted by atomic mass is 16.3. The Hall–Kier alpha value is -3.61. The molecule has 1 amide bonds. The largest absolute Gasteiger partial charge is 0.507 e. The smallest absolute Gasteiger partial charge is 0.219 e. The average Bonchev–Trinajstić information content (AvgIpc) is 2.75. The first-order valence-electron chi connectivity index (χ1n) is 10.0. The van der Waals surface area contributed by atoms with E-state index >= 15 is 0 Å². The summed E-state index contributed by atoms with van der Waals surface area (Å²) in [5.41, 5.74) is 9.29. The third-order valence-corrected chi connectivity index (χ3v) is 5.52. The number of amides is 1. The Morgan fingerprint density at radius 3 is 2.57 bits per heavy atom. The van der Waals surface area contributed by atoms with Crippen molar-refractivity contribution in [3.63, 3.8) is 0 Å². The highest BCUT2D eigenvalue weighted by Crippen LogP contribution is 2.32. The van der Waals surface area contributed by atoms with Crippen molar-refractivity contribution in [3.8, 4) is 17.0 Å². The van der Waals surface area contributed by atoms with Crippen molar-refractivity contribution in [1.82, 2.24) is 15.1 Å². The number of anilines is 2. The van der Waals surface area contributed by atoms with Crippen LogP contribution in [-0.4, -0.2) is 51.8 Å². The standard InChI is InChI=1S/C23H25N5O2/c1-16(29)28-12-11-27(15-18(28)13-17-7-3-2-4-8-17)21-14-20(25-26-23(21)24)19-9-5-6-10-22(19)30/h2-10,14,18,30H,11-13,15H2,1H3,(H2,24,26). The number of hydrogen-bond donors (Lipinski definition) is 2. The van der Waals surface area contributed by atoms with Gasteiger partial charge in [0.1, 0.15) is 5.75 Å². The molecular formula is C23H25N5O2. The van der Waals surface area contributed by atoms with E-state index in [2.05, 4.69) is 27.2 Å². The van der Waals surface area contributed by atoms with Crippen molar-refractivity contribution in [3.05, 3.63) is 66.2 Å². The van der Waals surface area contributed by atoms with Gasteiger partial charge in [-0.05, 0) is 30.2 Å². The van der Waals surface area contributed by atoms with Gasteiger partial charge in [0.25, 0.3) is 0 Å². The maximum absolute atomic E-state index is 12.2. The Bertz CT molecular complexity index is 1040. The molecule has 1 aliphatic heterocycles. The van der Waals surface area contributed by atoms with Crippen molar-refractivity contribution in [1.29, 1.82) is 0 Å². The first-order valence-corrected chi connectivity index (χ1v) is 10.0. The zero-order chi connectivity index (χ0) is 21.1. The molecule has 154 valence electrons. The fourth-order valence-corrected chi connectivity index (χ4v) is 4.02. The van der Waals surface area contributed by atoms with Gasteiger partial charge < -0.3 is 20.6 Å². The number of carbonyl (C=O) groups is 1. The molecule has 0 bridgehead atoms. The molecule has 30 heavy (non-hydrogen) atoms. The molecule has 2 aromatic carbocycles. The molecule has 2 heterocycles. The SMILES string of the molecule is CC(=O)N1CCN(c2cc(-c3ccccc3O)nnc2N)CC1Cc1ccccc1. The zero-order valence-corrected chi connectivity index (χ0v) is 16.9. The van der Waals surface area contributed by atoms with E-state index in [-0.39, 0.29) is 17.7 Å². The maximum Gasteiger partial charge on any atom is 0.219 e. The summed E-state index contributed by atoms with van der Waals surface area (Å²) >= 11 is 0. The molecule has 3 aromatic rings. The van der Waals surface area contributed by atoms with Crippen molar-refractivity contribution in [2.24, 2.45) is 0 Å². The van der Waals surface area contributed by atoms with Crippen molar-refractivity contribution in [2.45, 2.75) is 19.4 Å². The molecule has 4 rings (SSSR count). The second kappa shape index (κ2) is 8.41. The highest BCUT2D eigenvalue weighted by Gasteiger charge is 2.30. The summed E-state index contributed by atoms with van der Waals surface area (Å²) in [5, 5.41) is 18.5. The molecule has 0 spiro atoms. The van der Waals surface area contributed by atoms with Crippen molar-refractivity contribution >= 4 is 17.4 Å². The summed E-state index contributed by atoms with van der Waals surface area (Å²) < 4.78 is 0. The molecule has 7 heteroatoms. The van der Waals surface area contributed by atoms with E-state index in [1.165, 1.54) is 5.56 Å². The molecule has 0 radical (unpaired) electrons. The monoisotopic (exact) mass is 403 g/mol. The van der Waals surface area contributed by atoms with E-state index in [9.17, 15) is 9.90 Å². The summed E-state index contributed by atoms with van der Waals surface area (Å²) in [7, 11) is 0. The Morgan fingerprint density at radius 1 is 1.10 bits per heavy atom. The third kappa shape index (κ3) is 4.05. The number of hydrogen-bond acceptors (Lipinski definition) is 6. The number of nitrogens with two attached hydrogens (primary N) is 1. The number of rotatable bonds is 4. The zero-order valence-electron chi connectivity index (χ0n) is 16.9. The van der Waals surface area contributed by atoms with Gasteiger partial charge in [0.2, 0.25) is 5.91 Å². The normalized spacial score (nSPS) is 16.5. The summed E-state index contributed by atoms with van der Waals surface area (Å²) in [5.74, 6) is 0.557. The van der Waals surface area contributed by atoms with Gasteiger partial charge in [-0.2, -0.15) is 0 Å². The van der Waals surface area contributed by atoms with Crippen LogP contribution in [0.1, 0.15) is 12.5 Å². The van der Waals surface area contributed by atoms with E-state index < -0.39 is 0 Å². The molecule has 1 unspecified atom stereocenters. The van der Waals surface area contributed by atoms with Gasteiger partial charge >= 0.3 is 0 Å². The number of nitrogen functional groups attached to an aromatic ring is 1. The molecule has 0 saturated carbocycles. The van der Waals surface area contributed by atoms with Crippen LogP contribution >= 0.6 is 0 Å². The first-order chi connectivity index (χ1) is 14.5. The molecule has 3 N–H and O–H groups in total. The van der Waals surface area contributed by atoms with Gasteiger partial charge in [0, 0.05) is 32.1 Å². The Labute approximate surface area is 175 Å². The third-order valence-electron chi connectivity index (χ3n) is 5.52. The minimum Gasteiger partial charge on any atom is -0.507 e. The summed E-state index contributed by atoms with van der Waals surface area (Å²) in [6.07, 6.45) is 0.766. The van der Waals surface area contributed by atoms with Gasteiger partial charge in [-0.3, -0.25) is 4.79 Å². The van der Waals surface area contributed by atoms with E-state index in [1.54, 1.807) is 25.1 Å². The van der Waals surface area contributed by atoms with Gasteiger partial charge in [0.05, 0.1) is 17.4 Å². The lowest BCUT2D eigenvalue weighted by molar-refractivity contribution is -0.131. The van der Waals surface area contributed by atoms with Crippen LogP contribution in [0.15, 0.2) is 60.7 Å². The number of benzene rings is 2. The molecule has 1 aromatic heterocycles. The quantitative estimate of drug-likeness (QED) is 0.695. The number of aromatic hydroxyl groups is 1. The van der Waals surface area contributed by atoms with Gasteiger partial charge in [-0.25, -0.2) is 0 Å². The number of nitrogens with zero attached hydrogens (tertiary/aromatic N) is 4.